The lowest BCUT2D eigenvalue weighted by molar-refractivity contribution is -0.130. The summed E-state index contributed by atoms with van der Waals surface area (Å²) in [5, 5.41) is 3.42. The lowest BCUT2D eigenvalue weighted by atomic mass is 10.1. The van der Waals surface area contributed by atoms with Gasteiger partial charge in [0.05, 0.1) is 0 Å². The minimum absolute atomic E-state index is 0.379. The zero-order chi connectivity index (χ0) is 10.3. The van der Waals surface area contributed by atoms with E-state index in [0.717, 1.165) is 51.6 Å². The number of amides is 1. The molecule has 0 radical (unpaired) electrons. The van der Waals surface area contributed by atoms with Gasteiger partial charge in [-0.3, -0.25) is 9.69 Å². The Balaban J connectivity index is 1.63. The van der Waals surface area contributed by atoms with Crippen molar-refractivity contribution in [3.05, 3.63) is 0 Å². The second kappa shape index (κ2) is 3.76. The summed E-state index contributed by atoms with van der Waals surface area (Å²) in [5.74, 6) is 0.379. The van der Waals surface area contributed by atoms with E-state index in [2.05, 4.69) is 15.1 Å². The average Bonchev–Trinajstić information content (AvgIpc) is 2.88. The molecule has 0 aromatic heterocycles. The van der Waals surface area contributed by atoms with E-state index in [4.69, 9.17) is 0 Å². The third kappa shape index (κ3) is 1.66. The van der Waals surface area contributed by atoms with Crippen LogP contribution in [-0.2, 0) is 4.79 Å². The van der Waals surface area contributed by atoms with E-state index in [0.29, 0.717) is 11.9 Å². The van der Waals surface area contributed by atoms with Crippen LogP contribution in [0.1, 0.15) is 19.3 Å². The first kappa shape index (κ1) is 9.60. The number of nitrogens with zero attached hydrogens (tertiary/aromatic N) is 2. The van der Waals surface area contributed by atoms with Crippen LogP contribution in [0.25, 0.3) is 0 Å². The standard InChI is InChI=1S/C11H19N3O/c15-11-2-1-10-8-13(5-6-14(10)11)9-3-4-12-7-9/h9-10,12H,1-8H2. The third-order valence-electron chi connectivity index (χ3n) is 4.08. The highest BCUT2D eigenvalue weighted by Gasteiger charge is 2.37. The van der Waals surface area contributed by atoms with Crippen molar-refractivity contribution in [1.82, 2.24) is 15.1 Å². The molecule has 2 unspecified atom stereocenters. The van der Waals surface area contributed by atoms with E-state index in [1.165, 1.54) is 6.42 Å². The smallest absolute Gasteiger partial charge is 0.222 e. The summed E-state index contributed by atoms with van der Waals surface area (Å²) >= 11 is 0. The summed E-state index contributed by atoms with van der Waals surface area (Å²) in [6.45, 7) is 5.45. The van der Waals surface area contributed by atoms with Crippen LogP contribution in [0.15, 0.2) is 0 Å². The topological polar surface area (TPSA) is 35.6 Å². The maximum atomic E-state index is 11.5. The maximum absolute atomic E-state index is 11.5. The van der Waals surface area contributed by atoms with Gasteiger partial charge in [0.25, 0.3) is 0 Å². The Morgan fingerprint density at radius 1 is 1.20 bits per heavy atom. The van der Waals surface area contributed by atoms with Crippen LogP contribution in [0.5, 0.6) is 0 Å². The molecule has 0 aliphatic carbocycles. The molecule has 0 bridgehead atoms. The van der Waals surface area contributed by atoms with E-state index in [1.54, 1.807) is 0 Å². The van der Waals surface area contributed by atoms with E-state index in [-0.39, 0.29) is 0 Å². The molecule has 3 aliphatic heterocycles. The normalized spacial score (nSPS) is 37.3. The molecule has 1 amide bonds. The van der Waals surface area contributed by atoms with Crippen LogP contribution >= 0.6 is 0 Å². The van der Waals surface area contributed by atoms with Gasteiger partial charge in [0, 0.05) is 44.7 Å². The Bertz CT molecular complexity index is 263. The average molecular weight is 209 g/mol. The summed E-state index contributed by atoms with van der Waals surface area (Å²) in [7, 11) is 0. The van der Waals surface area contributed by atoms with Crippen molar-refractivity contribution in [2.75, 3.05) is 32.7 Å². The van der Waals surface area contributed by atoms with Gasteiger partial charge in [0.15, 0.2) is 0 Å². The summed E-state index contributed by atoms with van der Waals surface area (Å²) in [6, 6.07) is 1.25. The molecule has 2 atom stereocenters. The van der Waals surface area contributed by atoms with Crippen molar-refractivity contribution in [2.45, 2.75) is 31.3 Å². The van der Waals surface area contributed by atoms with Gasteiger partial charge in [-0.15, -0.1) is 0 Å². The van der Waals surface area contributed by atoms with Crippen molar-refractivity contribution in [2.24, 2.45) is 0 Å². The Hall–Kier alpha value is -0.610. The summed E-state index contributed by atoms with van der Waals surface area (Å²) < 4.78 is 0. The molecule has 84 valence electrons. The van der Waals surface area contributed by atoms with E-state index in [1.807, 2.05) is 0 Å². The summed E-state index contributed by atoms with van der Waals surface area (Å²) in [6.07, 6.45) is 3.14. The summed E-state index contributed by atoms with van der Waals surface area (Å²) in [4.78, 5) is 16.2. The van der Waals surface area contributed by atoms with Crippen molar-refractivity contribution in [1.29, 1.82) is 0 Å². The Kier molecular flexibility index (Phi) is 2.41. The Labute approximate surface area is 90.6 Å². The fraction of sp³-hybridized carbons (Fsp3) is 0.909. The molecule has 1 N–H and O–H groups in total. The van der Waals surface area contributed by atoms with E-state index >= 15 is 0 Å². The van der Waals surface area contributed by atoms with Gasteiger partial charge in [-0.1, -0.05) is 0 Å². The molecule has 3 fully saturated rings. The monoisotopic (exact) mass is 209 g/mol. The molecule has 4 heteroatoms. The summed E-state index contributed by atoms with van der Waals surface area (Å²) in [5.41, 5.74) is 0. The predicted octanol–water partition coefficient (Wildman–Crippen LogP) is -0.345. The number of nitrogens with one attached hydrogen (secondary N) is 1. The van der Waals surface area contributed by atoms with Gasteiger partial charge in [0.2, 0.25) is 5.91 Å². The van der Waals surface area contributed by atoms with Crippen LogP contribution in [0.4, 0.5) is 0 Å². The minimum Gasteiger partial charge on any atom is -0.337 e. The van der Waals surface area contributed by atoms with Gasteiger partial charge in [-0.25, -0.2) is 0 Å². The zero-order valence-corrected chi connectivity index (χ0v) is 9.11. The number of piperazine rings is 1. The SMILES string of the molecule is O=C1CCC2CN(C3CCNC3)CCN12. The van der Waals surface area contributed by atoms with Gasteiger partial charge < -0.3 is 10.2 Å². The molecule has 4 nitrogen and oxygen atoms in total. The van der Waals surface area contributed by atoms with Crippen LogP contribution < -0.4 is 5.32 Å². The fourth-order valence-electron chi connectivity index (χ4n) is 3.17. The molecule has 3 heterocycles. The number of hydrogen-bond donors (Lipinski definition) is 1. The lowest BCUT2D eigenvalue weighted by Crippen LogP contribution is -2.54. The van der Waals surface area contributed by atoms with Crippen molar-refractivity contribution in [3.63, 3.8) is 0 Å². The minimum atomic E-state index is 0.379. The Morgan fingerprint density at radius 3 is 2.93 bits per heavy atom. The largest absolute Gasteiger partial charge is 0.337 e. The molecular weight excluding hydrogens is 190 g/mol. The highest BCUT2D eigenvalue weighted by Crippen LogP contribution is 2.24. The molecule has 0 aromatic carbocycles. The van der Waals surface area contributed by atoms with Gasteiger partial charge >= 0.3 is 0 Å². The number of carbonyl (C=O) groups is 1. The molecule has 3 saturated heterocycles. The van der Waals surface area contributed by atoms with Gasteiger partial charge in [-0.05, 0) is 19.4 Å². The number of hydrogen-bond acceptors (Lipinski definition) is 3. The zero-order valence-electron chi connectivity index (χ0n) is 9.11. The molecule has 15 heavy (non-hydrogen) atoms. The lowest BCUT2D eigenvalue weighted by Gasteiger charge is -2.40. The van der Waals surface area contributed by atoms with E-state index < -0.39 is 0 Å². The van der Waals surface area contributed by atoms with Crippen LogP contribution in [0.2, 0.25) is 0 Å². The molecule has 0 aromatic rings. The van der Waals surface area contributed by atoms with Gasteiger partial charge in [0.1, 0.15) is 0 Å². The van der Waals surface area contributed by atoms with Crippen LogP contribution in [0, 0.1) is 0 Å². The van der Waals surface area contributed by atoms with Crippen LogP contribution in [0.3, 0.4) is 0 Å². The molecule has 0 spiro atoms. The maximum Gasteiger partial charge on any atom is 0.222 e. The van der Waals surface area contributed by atoms with Gasteiger partial charge in [-0.2, -0.15) is 0 Å². The second-order valence-corrected chi connectivity index (χ2v) is 4.92. The first-order valence-corrected chi connectivity index (χ1v) is 6.09. The second-order valence-electron chi connectivity index (χ2n) is 4.92. The van der Waals surface area contributed by atoms with Crippen LogP contribution in [-0.4, -0.2) is 60.5 Å². The van der Waals surface area contributed by atoms with Crippen molar-refractivity contribution >= 4 is 5.91 Å². The van der Waals surface area contributed by atoms with E-state index in [9.17, 15) is 4.79 Å². The Morgan fingerprint density at radius 2 is 2.13 bits per heavy atom. The highest BCUT2D eigenvalue weighted by atomic mass is 16.2. The molecule has 3 aliphatic rings. The first-order chi connectivity index (χ1) is 7.34. The fourth-order valence-corrected chi connectivity index (χ4v) is 3.17. The third-order valence-corrected chi connectivity index (χ3v) is 4.08. The first-order valence-electron chi connectivity index (χ1n) is 6.09. The van der Waals surface area contributed by atoms with Crippen molar-refractivity contribution in [3.8, 4) is 0 Å². The molecule has 3 rings (SSSR count). The number of fused-ring (bicyclic) bond motifs is 1. The molecule has 0 saturated carbocycles. The quantitative estimate of drug-likeness (QED) is 0.641. The molecular formula is C11H19N3O. The number of carbonyl (C=O) groups excluding carboxylic acids is 1. The highest BCUT2D eigenvalue weighted by molar-refractivity contribution is 5.78. The number of rotatable bonds is 1. The predicted molar refractivity (Wildman–Crippen MR) is 57.6 cm³/mol. The van der Waals surface area contributed by atoms with Crippen molar-refractivity contribution < 1.29 is 4.79 Å².